The lowest BCUT2D eigenvalue weighted by atomic mass is 10.00. The Bertz CT molecular complexity index is 254. The first-order valence-corrected chi connectivity index (χ1v) is 3.46. The van der Waals surface area contributed by atoms with Gasteiger partial charge in [0, 0.05) is 19.1 Å². The number of ether oxygens (including phenoxy) is 1. The van der Waals surface area contributed by atoms with Gasteiger partial charge in [0.2, 0.25) is 0 Å². The maximum absolute atomic E-state index is 10.5. The maximum Gasteiger partial charge on any atom is 0.331 e. The van der Waals surface area contributed by atoms with Gasteiger partial charge in [0.25, 0.3) is 0 Å². The molecule has 0 heterocycles. The van der Waals surface area contributed by atoms with E-state index in [1.807, 2.05) is 0 Å². The standard InChI is InChI=1S/C8H10O4/c1-12-8(11)4-2-3-6(5-8)7(9)10/h2-4,11H,5H2,1H3,(H,9,10). The van der Waals surface area contributed by atoms with Gasteiger partial charge in [-0.2, -0.15) is 0 Å². The summed E-state index contributed by atoms with van der Waals surface area (Å²) in [7, 11) is 1.33. The highest BCUT2D eigenvalue weighted by molar-refractivity contribution is 5.87. The molecule has 1 rings (SSSR count). The van der Waals surface area contributed by atoms with Gasteiger partial charge in [-0.25, -0.2) is 4.79 Å². The Morgan fingerprint density at radius 2 is 2.42 bits per heavy atom. The zero-order chi connectivity index (χ0) is 9.19. The van der Waals surface area contributed by atoms with Gasteiger partial charge in [-0.3, -0.25) is 0 Å². The molecule has 0 spiro atoms. The molecule has 0 saturated heterocycles. The van der Waals surface area contributed by atoms with E-state index >= 15 is 0 Å². The molecule has 0 fully saturated rings. The number of hydrogen-bond acceptors (Lipinski definition) is 3. The first-order chi connectivity index (χ1) is 5.57. The monoisotopic (exact) mass is 170 g/mol. The Kier molecular flexibility index (Phi) is 2.30. The smallest absolute Gasteiger partial charge is 0.331 e. The highest BCUT2D eigenvalue weighted by Gasteiger charge is 2.28. The first-order valence-electron chi connectivity index (χ1n) is 3.46. The molecule has 4 nitrogen and oxygen atoms in total. The summed E-state index contributed by atoms with van der Waals surface area (Å²) in [5.41, 5.74) is 0.141. The van der Waals surface area contributed by atoms with Gasteiger partial charge in [-0.1, -0.05) is 12.2 Å². The Balaban J connectivity index is 2.80. The number of rotatable bonds is 2. The SMILES string of the molecule is COC1(O)C=CC=C(C(=O)O)C1. The molecule has 0 aromatic heterocycles. The Hall–Kier alpha value is -1.13. The number of carboxylic acids is 1. The number of hydrogen-bond donors (Lipinski definition) is 2. The number of carboxylic acid groups (broad SMARTS) is 1. The van der Waals surface area contributed by atoms with Gasteiger partial charge in [0.15, 0.2) is 5.79 Å². The second-order valence-corrected chi connectivity index (χ2v) is 2.58. The van der Waals surface area contributed by atoms with E-state index in [4.69, 9.17) is 9.84 Å². The van der Waals surface area contributed by atoms with Crippen molar-refractivity contribution in [3.63, 3.8) is 0 Å². The molecule has 12 heavy (non-hydrogen) atoms. The summed E-state index contributed by atoms with van der Waals surface area (Å²) >= 11 is 0. The normalized spacial score (nSPS) is 28.3. The average Bonchev–Trinajstić information content (AvgIpc) is 2.05. The lowest BCUT2D eigenvalue weighted by Crippen LogP contribution is -2.31. The summed E-state index contributed by atoms with van der Waals surface area (Å²) in [6, 6.07) is 0. The zero-order valence-corrected chi connectivity index (χ0v) is 6.65. The van der Waals surface area contributed by atoms with Crippen molar-refractivity contribution in [2.24, 2.45) is 0 Å². The van der Waals surface area contributed by atoms with E-state index in [1.54, 1.807) is 0 Å². The zero-order valence-electron chi connectivity index (χ0n) is 6.65. The molecule has 1 aliphatic rings. The fourth-order valence-electron chi connectivity index (χ4n) is 0.992. The molecule has 1 unspecified atom stereocenters. The third kappa shape index (κ3) is 1.72. The van der Waals surface area contributed by atoms with E-state index in [2.05, 4.69) is 0 Å². The molecule has 4 heteroatoms. The Labute approximate surface area is 69.8 Å². The van der Waals surface area contributed by atoms with Crippen molar-refractivity contribution >= 4 is 5.97 Å². The Morgan fingerprint density at radius 3 is 2.92 bits per heavy atom. The first kappa shape index (κ1) is 8.96. The topological polar surface area (TPSA) is 66.8 Å². The molecule has 0 aromatic carbocycles. The van der Waals surface area contributed by atoms with E-state index in [0.29, 0.717) is 0 Å². The number of aliphatic hydroxyl groups is 1. The minimum atomic E-state index is -1.46. The molecule has 66 valence electrons. The van der Waals surface area contributed by atoms with Crippen molar-refractivity contribution < 1.29 is 19.7 Å². The van der Waals surface area contributed by atoms with Crippen molar-refractivity contribution in [1.29, 1.82) is 0 Å². The second kappa shape index (κ2) is 3.08. The predicted octanol–water partition coefficient (Wildman–Crippen LogP) is 0.292. The number of methoxy groups -OCH3 is 1. The van der Waals surface area contributed by atoms with Gasteiger partial charge in [0.05, 0.1) is 0 Å². The van der Waals surface area contributed by atoms with Crippen LogP contribution in [0.4, 0.5) is 0 Å². The van der Waals surface area contributed by atoms with E-state index in [0.717, 1.165) is 0 Å². The number of aliphatic carboxylic acids is 1. The summed E-state index contributed by atoms with van der Waals surface area (Å²) in [6.07, 6.45) is 4.31. The van der Waals surface area contributed by atoms with Crippen molar-refractivity contribution in [1.82, 2.24) is 0 Å². The molecule has 0 radical (unpaired) electrons. The molecule has 0 amide bonds. The van der Waals surface area contributed by atoms with Crippen LogP contribution in [0, 0.1) is 0 Å². The second-order valence-electron chi connectivity index (χ2n) is 2.58. The molecule has 0 saturated carbocycles. The molecule has 2 N–H and O–H groups in total. The molecule has 0 aliphatic heterocycles. The molecular formula is C8H10O4. The van der Waals surface area contributed by atoms with Crippen LogP contribution < -0.4 is 0 Å². The van der Waals surface area contributed by atoms with Gasteiger partial charge < -0.3 is 14.9 Å². The van der Waals surface area contributed by atoms with Crippen LogP contribution >= 0.6 is 0 Å². The van der Waals surface area contributed by atoms with Crippen molar-refractivity contribution in [3.05, 3.63) is 23.8 Å². The van der Waals surface area contributed by atoms with Crippen LogP contribution in [0.15, 0.2) is 23.8 Å². The van der Waals surface area contributed by atoms with Crippen molar-refractivity contribution in [2.75, 3.05) is 7.11 Å². The van der Waals surface area contributed by atoms with Crippen molar-refractivity contribution in [3.8, 4) is 0 Å². The summed E-state index contributed by atoms with van der Waals surface area (Å²) in [6.45, 7) is 0. The fourth-order valence-corrected chi connectivity index (χ4v) is 0.992. The lowest BCUT2D eigenvalue weighted by molar-refractivity contribution is -0.151. The van der Waals surface area contributed by atoms with Crippen LogP contribution in [-0.2, 0) is 9.53 Å². The number of allylic oxidation sites excluding steroid dienone is 2. The molecule has 0 aromatic rings. The predicted molar refractivity (Wildman–Crippen MR) is 41.4 cm³/mol. The lowest BCUT2D eigenvalue weighted by Gasteiger charge is -2.24. The summed E-state index contributed by atoms with van der Waals surface area (Å²) in [5, 5.41) is 18.1. The number of carbonyl (C=O) groups is 1. The fraction of sp³-hybridized carbons (Fsp3) is 0.375. The minimum absolute atomic E-state index is 0.0185. The third-order valence-corrected chi connectivity index (χ3v) is 1.73. The molecular weight excluding hydrogens is 160 g/mol. The van der Waals surface area contributed by atoms with Crippen molar-refractivity contribution in [2.45, 2.75) is 12.2 Å². The van der Waals surface area contributed by atoms with Gasteiger partial charge in [-0.05, 0) is 6.08 Å². The molecule has 0 bridgehead atoms. The summed E-state index contributed by atoms with van der Waals surface area (Å²) in [4.78, 5) is 10.5. The van der Waals surface area contributed by atoms with E-state index in [1.165, 1.54) is 25.3 Å². The van der Waals surface area contributed by atoms with Crippen LogP contribution in [0.2, 0.25) is 0 Å². The Morgan fingerprint density at radius 1 is 1.75 bits per heavy atom. The highest BCUT2D eigenvalue weighted by Crippen LogP contribution is 2.23. The van der Waals surface area contributed by atoms with Crippen LogP contribution in [0.3, 0.4) is 0 Å². The average molecular weight is 170 g/mol. The summed E-state index contributed by atoms with van der Waals surface area (Å²) < 4.78 is 4.72. The quantitative estimate of drug-likeness (QED) is 0.584. The van der Waals surface area contributed by atoms with E-state index < -0.39 is 11.8 Å². The van der Waals surface area contributed by atoms with Crippen LogP contribution in [0.1, 0.15) is 6.42 Å². The molecule has 1 aliphatic carbocycles. The molecule has 1 atom stereocenters. The van der Waals surface area contributed by atoms with E-state index in [9.17, 15) is 9.90 Å². The van der Waals surface area contributed by atoms with Gasteiger partial charge in [0.1, 0.15) is 0 Å². The minimum Gasteiger partial charge on any atom is -0.478 e. The maximum atomic E-state index is 10.5. The van der Waals surface area contributed by atoms with Gasteiger partial charge in [-0.15, -0.1) is 0 Å². The van der Waals surface area contributed by atoms with Crippen LogP contribution in [0.5, 0.6) is 0 Å². The summed E-state index contributed by atoms with van der Waals surface area (Å²) in [5.74, 6) is -2.49. The van der Waals surface area contributed by atoms with Gasteiger partial charge >= 0.3 is 5.97 Å². The van der Waals surface area contributed by atoms with E-state index in [-0.39, 0.29) is 12.0 Å². The largest absolute Gasteiger partial charge is 0.478 e. The highest BCUT2D eigenvalue weighted by atomic mass is 16.6. The van der Waals surface area contributed by atoms with Crippen LogP contribution in [0.25, 0.3) is 0 Å². The third-order valence-electron chi connectivity index (χ3n) is 1.73. The van der Waals surface area contributed by atoms with Crippen LogP contribution in [-0.4, -0.2) is 29.1 Å².